The van der Waals surface area contributed by atoms with Crippen molar-refractivity contribution in [1.29, 1.82) is 0 Å². The number of benzene rings is 2. The molecule has 1 fully saturated rings. The highest BCUT2D eigenvalue weighted by molar-refractivity contribution is 7.20. The average molecular weight is 539 g/mol. The molecule has 0 atom stereocenters. The van der Waals surface area contributed by atoms with Gasteiger partial charge in [-0.05, 0) is 83.9 Å². The maximum absolute atomic E-state index is 15.0. The largest absolute Gasteiger partial charge is 0.399 e. The molecule has 0 N–H and O–H groups in total. The Hall–Kier alpha value is -2.40. The van der Waals surface area contributed by atoms with Gasteiger partial charge in [0.25, 0.3) is 0 Å². The number of pyridine rings is 1. The first-order chi connectivity index (χ1) is 17.6. The molecule has 0 bridgehead atoms. The van der Waals surface area contributed by atoms with Crippen LogP contribution in [0, 0.1) is 19.3 Å². The second kappa shape index (κ2) is 8.81. The quantitative estimate of drug-likeness (QED) is 0.224. The van der Waals surface area contributed by atoms with Crippen molar-refractivity contribution in [2.24, 2.45) is 12.5 Å². The number of nitrogens with zero attached hydrogens (tertiary/aromatic N) is 1. The molecule has 4 aromatic rings. The van der Waals surface area contributed by atoms with Crippen LogP contribution in [0.4, 0.5) is 13.2 Å². The SMILES string of the molecule is Cc1c(-c2c3sc(C4(C(F)(F)F)CCC(C)(C)CC4)c(C)c3cc[n+]2C)cc(C(C)(C)C)c2ccccc12. The molecule has 1 aliphatic carbocycles. The van der Waals surface area contributed by atoms with Gasteiger partial charge in [0.05, 0.1) is 5.56 Å². The third kappa shape index (κ3) is 4.16. The fourth-order valence-corrected chi connectivity index (χ4v) is 8.14. The van der Waals surface area contributed by atoms with Gasteiger partial charge in [-0.1, -0.05) is 58.9 Å². The molecule has 2 heterocycles. The molecular formula is C33H39F3NS+. The minimum atomic E-state index is -4.28. The highest BCUT2D eigenvalue weighted by Crippen LogP contribution is 2.58. The molecule has 2 aromatic heterocycles. The van der Waals surface area contributed by atoms with Crippen LogP contribution in [-0.2, 0) is 17.9 Å². The number of alkyl halides is 3. The molecule has 0 amide bonds. The molecule has 1 aliphatic rings. The lowest BCUT2D eigenvalue weighted by atomic mass is 9.63. The van der Waals surface area contributed by atoms with E-state index in [2.05, 4.69) is 76.4 Å². The summed E-state index contributed by atoms with van der Waals surface area (Å²) in [5.41, 5.74) is 3.39. The number of thiophene rings is 1. The van der Waals surface area contributed by atoms with E-state index in [4.69, 9.17) is 0 Å². The Bertz CT molecular complexity index is 1540. The number of rotatable bonds is 2. The zero-order valence-corrected chi connectivity index (χ0v) is 24.7. The van der Waals surface area contributed by atoms with Crippen molar-refractivity contribution >= 4 is 32.2 Å². The summed E-state index contributed by atoms with van der Waals surface area (Å²) in [5, 5.41) is 3.37. The summed E-state index contributed by atoms with van der Waals surface area (Å²) in [6.45, 7) is 14.9. The van der Waals surface area contributed by atoms with Crippen molar-refractivity contribution in [3.8, 4) is 11.3 Å². The van der Waals surface area contributed by atoms with Crippen LogP contribution >= 0.6 is 11.3 Å². The van der Waals surface area contributed by atoms with E-state index in [1.54, 1.807) is 0 Å². The molecule has 202 valence electrons. The van der Waals surface area contributed by atoms with Gasteiger partial charge < -0.3 is 0 Å². The third-order valence-corrected chi connectivity index (χ3v) is 10.6. The number of aromatic nitrogens is 1. The van der Waals surface area contributed by atoms with Gasteiger partial charge in [-0.2, -0.15) is 17.7 Å². The van der Waals surface area contributed by atoms with Crippen LogP contribution < -0.4 is 4.57 Å². The van der Waals surface area contributed by atoms with Crippen molar-refractivity contribution in [3.05, 3.63) is 64.2 Å². The van der Waals surface area contributed by atoms with Crippen molar-refractivity contribution in [2.75, 3.05) is 0 Å². The van der Waals surface area contributed by atoms with E-state index in [1.165, 1.54) is 27.7 Å². The molecule has 0 saturated heterocycles. The topological polar surface area (TPSA) is 3.88 Å². The standard InChI is InChI=1S/C33H39F3NS/c1-20-22-11-9-10-12-24(22)26(30(3,4)5)19-25(20)27-28-23(13-18-37(27)8)21(2)29(38-28)32(33(34,35)36)16-14-31(6,7)15-17-32/h9-13,18-19H,14-17H2,1-8H3/q+1. The van der Waals surface area contributed by atoms with Crippen LogP contribution in [-0.4, -0.2) is 6.18 Å². The summed E-state index contributed by atoms with van der Waals surface area (Å²) in [4.78, 5) is 0.512. The van der Waals surface area contributed by atoms with Gasteiger partial charge in [-0.3, -0.25) is 0 Å². The van der Waals surface area contributed by atoms with Gasteiger partial charge in [-0.25, -0.2) is 0 Å². The first kappa shape index (κ1) is 27.2. The Balaban J connectivity index is 1.82. The Morgan fingerprint density at radius 2 is 1.45 bits per heavy atom. The lowest BCUT2D eigenvalue weighted by Crippen LogP contribution is -2.46. The van der Waals surface area contributed by atoms with Crippen LogP contribution in [0.3, 0.4) is 0 Å². The van der Waals surface area contributed by atoms with Crippen molar-refractivity contribution in [2.45, 2.75) is 91.2 Å². The highest BCUT2D eigenvalue weighted by atomic mass is 32.1. The van der Waals surface area contributed by atoms with Crippen LogP contribution in [0.15, 0.2) is 42.6 Å². The van der Waals surface area contributed by atoms with Gasteiger partial charge in [0.15, 0.2) is 6.20 Å². The predicted molar refractivity (Wildman–Crippen MR) is 154 cm³/mol. The van der Waals surface area contributed by atoms with E-state index in [-0.39, 0.29) is 23.7 Å². The van der Waals surface area contributed by atoms with Crippen LogP contribution in [0.1, 0.15) is 81.9 Å². The molecule has 0 aliphatic heterocycles. The first-order valence-electron chi connectivity index (χ1n) is 13.6. The van der Waals surface area contributed by atoms with E-state index in [0.717, 1.165) is 32.5 Å². The van der Waals surface area contributed by atoms with Gasteiger partial charge in [0.1, 0.15) is 17.2 Å². The lowest BCUT2D eigenvalue weighted by Gasteiger charge is -2.44. The summed E-state index contributed by atoms with van der Waals surface area (Å²) in [6, 6.07) is 12.8. The smallest absolute Gasteiger partial charge is 0.200 e. The molecule has 0 unspecified atom stereocenters. The summed E-state index contributed by atoms with van der Waals surface area (Å²) >= 11 is 1.38. The first-order valence-corrected chi connectivity index (χ1v) is 14.4. The Morgan fingerprint density at radius 1 is 0.842 bits per heavy atom. The number of fused-ring (bicyclic) bond motifs is 2. The molecule has 0 radical (unpaired) electrons. The van der Waals surface area contributed by atoms with E-state index in [0.29, 0.717) is 17.7 Å². The van der Waals surface area contributed by atoms with E-state index < -0.39 is 11.6 Å². The number of aryl methyl sites for hydroxylation is 3. The van der Waals surface area contributed by atoms with Crippen molar-refractivity contribution < 1.29 is 17.7 Å². The number of halogens is 3. The zero-order valence-electron chi connectivity index (χ0n) is 23.9. The predicted octanol–water partition coefficient (Wildman–Crippen LogP) is 9.86. The lowest BCUT2D eigenvalue weighted by molar-refractivity contribution is -0.659. The maximum Gasteiger partial charge on any atom is 0.399 e. The Labute approximate surface area is 228 Å². The van der Waals surface area contributed by atoms with Crippen LogP contribution in [0.2, 0.25) is 0 Å². The van der Waals surface area contributed by atoms with Crippen molar-refractivity contribution in [1.82, 2.24) is 0 Å². The normalized spacial score (nSPS) is 17.9. The summed E-state index contributed by atoms with van der Waals surface area (Å²) in [5.74, 6) is 0. The molecule has 1 nitrogen and oxygen atoms in total. The summed E-state index contributed by atoms with van der Waals surface area (Å²) < 4.78 is 48.0. The molecule has 1 saturated carbocycles. The van der Waals surface area contributed by atoms with E-state index in [1.807, 2.05) is 26.2 Å². The molecule has 5 heteroatoms. The fraction of sp³-hybridized carbons (Fsp3) is 0.485. The summed E-state index contributed by atoms with van der Waals surface area (Å²) in [7, 11) is 2.01. The van der Waals surface area contributed by atoms with Gasteiger partial charge in [0.2, 0.25) is 5.69 Å². The average Bonchev–Trinajstić information content (AvgIpc) is 3.15. The molecular weight excluding hydrogens is 499 g/mol. The fourth-order valence-electron chi connectivity index (χ4n) is 6.47. The molecule has 38 heavy (non-hydrogen) atoms. The maximum atomic E-state index is 15.0. The minimum Gasteiger partial charge on any atom is -0.200 e. The van der Waals surface area contributed by atoms with E-state index >= 15 is 0 Å². The van der Waals surface area contributed by atoms with Gasteiger partial charge in [0, 0.05) is 16.3 Å². The monoisotopic (exact) mass is 538 g/mol. The molecule has 0 spiro atoms. The van der Waals surface area contributed by atoms with Crippen LogP contribution in [0.5, 0.6) is 0 Å². The molecule has 5 rings (SSSR count). The second-order valence-corrected chi connectivity index (χ2v) is 14.2. The summed E-state index contributed by atoms with van der Waals surface area (Å²) in [6.07, 6.45) is -0.796. The zero-order chi connectivity index (χ0) is 27.8. The minimum absolute atomic E-state index is 0.0531. The van der Waals surface area contributed by atoms with Crippen LogP contribution in [0.25, 0.3) is 32.1 Å². The molecule has 2 aromatic carbocycles. The Morgan fingerprint density at radius 3 is 2.03 bits per heavy atom. The number of hydrogen-bond donors (Lipinski definition) is 0. The van der Waals surface area contributed by atoms with E-state index in [9.17, 15) is 13.2 Å². The second-order valence-electron chi connectivity index (χ2n) is 13.2. The van der Waals surface area contributed by atoms with Crippen molar-refractivity contribution in [3.63, 3.8) is 0 Å². The highest BCUT2D eigenvalue weighted by Gasteiger charge is 2.59. The third-order valence-electron chi connectivity index (χ3n) is 9.04. The van der Waals surface area contributed by atoms with Gasteiger partial charge >= 0.3 is 6.18 Å². The number of hydrogen-bond acceptors (Lipinski definition) is 1. The van der Waals surface area contributed by atoms with Gasteiger partial charge in [-0.15, -0.1) is 11.3 Å². The Kier molecular flexibility index (Phi) is 6.30.